The van der Waals surface area contributed by atoms with Crippen LogP contribution in [-0.2, 0) is 9.13 Å². The van der Waals surface area contributed by atoms with E-state index in [9.17, 15) is 9.13 Å². The zero-order chi connectivity index (χ0) is 18.6. The number of hydrogen-bond acceptors (Lipinski definition) is 4. The first-order valence-corrected chi connectivity index (χ1v) is 12.6. The summed E-state index contributed by atoms with van der Waals surface area (Å²) in [4.78, 5) is 0. The summed E-state index contributed by atoms with van der Waals surface area (Å²) < 4.78 is 41.0. The molecule has 2 unspecified atom stereocenters. The van der Waals surface area contributed by atoms with Crippen LogP contribution in [0.25, 0.3) is 0 Å². The van der Waals surface area contributed by atoms with Crippen molar-refractivity contribution < 1.29 is 18.2 Å². The maximum absolute atomic E-state index is 13.0. The number of benzene rings is 2. The highest BCUT2D eigenvalue weighted by Gasteiger charge is 2.36. The van der Waals surface area contributed by atoms with Gasteiger partial charge in [0.1, 0.15) is 11.5 Å². The van der Waals surface area contributed by atoms with Crippen LogP contribution < -0.4 is 9.05 Å². The van der Waals surface area contributed by atoms with Gasteiger partial charge < -0.3 is 9.05 Å². The molecule has 0 aromatic heterocycles. The van der Waals surface area contributed by atoms with Crippen LogP contribution in [0.3, 0.4) is 0 Å². The second-order valence-electron chi connectivity index (χ2n) is 6.32. The van der Waals surface area contributed by atoms with E-state index in [4.69, 9.17) is 9.05 Å². The maximum atomic E-state index is 13.0. The number of rotatable bonds is 6. The van der Waals surface area contributed by atoms with Gasteiger partial charge in [0.2, 0.25) is 0 Å². The molecule has 0 bridgehead atoms. The summed E-state index contributed by atoms with van der Waals surface area (Å²) in [6.07, 6.45) is 0. The SMILES string of the molecule is CP(=O)(Oc1ccccc1)N1CCN(P(C)(=O)Oc2ccccc2)CC1. The molecule has 1 saturated heterocycles. The Hall–Kier alpha value is -1.58. The third-order valence-electron chi connectivity index (χ3n) is 4.30. The quantitative estimate of drug-likeness (QED) is 0.677. The van der Waals surface area contributed by atoms with E-state index in [1.165, 1.54) is 0 Å². The normalized spacial score (nSPS) is 20.7. The largest absolute Gasteiger partial charge is 0.433 e. The van der Waals surface area contributed by atoms with Crippen LogP contribution in [0.4, 0.5) is 0 Å². The fourth-order valence-electron chi connectivity index (χ4n) is 2.88. The molecule has 8 heteroatoms. The van der Waals surface area contributed by atoms with E-state index < -0.39 is 15.0 Å². The van der Waals surface area contributed by atoms with Gasteiger partial charge >= 0.3 is 15.0 Å². The van der Waals surface area contributed by atoms with Crippen molar-refractivity contribution in [2.24, 2.45) is 0 Å². The van der Waals surface area contributed by atoms with E-state index in [0.717, 1.165) is 0 Å². The van der Waals surface area contributed by atoms with Crippen molar-refractivity contribution in [3.05, 3.63) is 60.7 Å². The smallest absolute Gasteiger partial charge is 0.316 e. The van der Waals surface area contributed by atoms with Crippen molar-refractivity contribution in [2.75, 3.05) is 39.5 Å². The molecule has 0 spiro atoms. The van der Waals surface area contributed by atoms with Gasteiger partial charge in [-0.3, -0.25) is 9.13 Å². The molecule has 2 atom stereocenters. The lowest BCUT2D eigenvalue weighted by Gasteiger charge is -2.38. The maximum Gasteiger partial charge on any atom is 0.316 e. The molecule has 3 rings (SSSR count). The molecule has 140 valence electrons. The Balaban J connectivity index is 1.59. The first-order valence-electron chi connectivity index (χ1n) is 8.52. The average Bonchev–Trinajstić information content (AvgIpc) is 2.63. The molecule has 0 saturated carbocycles. The summed E-state index contributed by atoms with van der Waals surface area (Å²) >= 11 is 0. The van der Waals surface area contributed by atoms with E-state index in [2.05, 4.69) is 0 Å². The Morgan fingerprint density at radius 2 is 0.962 bits per heavy atom. The summed E-state index contributed by atoms with van der Waals surface area (Å²) in [6.45, 7) is 5.30. The average molecular weight is 394 g/mol. The standard InChI is InChI=1S/C18H24N2O4P2/c1-25(21,23-17-9-5-3-6-10-17)19-13-15-20(16-14-19)26(2,22)24-18-11-7-4-8-12-18/h3-12H,13-16H2,1-2H3. The molecular formula is C18H24N2O4P2. The van der Waals surface area contributed by atoms with Gasteiger partial charge in [-0.1, -0.05) is 36.4 Å². The second kappa shape index (κ2) is 7.98. The van der Waals surface area contributed by atoms with E-state index in [0.29, 0.717) is 37.7 Å². The molecule has 26 heavy (non-hydrogen) atoms. The summed E-state index contributed by atoms with van der Waals surface area (Å²) in [5.74, 6) is 1.18. The van der Waals surface area contributed by atoms with Crippen molar-refractivity contribution >= 4 is 15.0 Å². The zero-order valence-electron chi connectivity index (χ0n) is 15.0. The Labute approximate surface area is 154 Å². The monoisotopic (exact) mass is 394 g/mol. The van der Waals surface area contributed by atoms with Crippen LogP contribution in [0.5, 0.6) is 11.5 Å². The van der Waals surface area contributed by atoms with Crippen molar-refractivity contribution in [2.45, 2.75) is 0 Å². The second-order valence-corrected chi connectivity index (χ2v) is 11.0. The van der Waals surface area contributed by atoms with Gasteiger partial charge in [0.05, 0.1) is 0 Å². The highest BCUT2D eigenvalue weighted by Crippen LogP contribution is 2.51. The molecule has 1 aliphatic rings. The van der Waals surface area contributed by atoms with Crippen molar-refractivity contribution in [3.8, 4) is 11.5 Å². The number of nitrogens with zero attached hydrogens (tertiary/aromatic N) is 2. The van der Waals surface area contributed by atoms with E-state index in [-0.39, 0.29) is 0 Å². The van der Waals surface area contributed by atoms with Crippen molar-refractivity contribution in [1.82, 2.24) is 9.34 Å². The molecule has 6 nitrogen and oxygen atoms in total. The van der Waals surface area contributed by atoms with Crippen molar-refractivity contribution in [1.29, 1.82) is 0 Å². The van der Waals surface area contributed by atoms with Gasteiger partial charge in [0.15, 0.2) is 0 Å². The van der Waals surface area contributed by atoms with Gasteiger partial charge in [0.25, 0.3) is 0 Å². The predicted octanol–water partition coefficient (Wildman–Crippen LogP) is 4.41. The summed E-state index contributed by atoms with van der Waals surface area (Å²) in [5.41, 5.74) is 0. The topological polar surface area (TPSA) is 59.1 Å². The predicted molar refractivity (Wildman–Crippen MR) is 104 cm³/mol. The first-order chi connectivity index (χ1) is 12.4. The highest BCUT2D eigenvalue weighted by molar-refractivity contribution is 7.56. The first kappa shape index (κ1) is 19.2. The molecule has 0 N–H and O–H groups in total. The molecule has 1 fully saturated rings. The zero-order valence-corrected chi connectivity index (χ0v) is 16.8. The van der Waals surface area contributed by atoms with Gasteiger partial charge in [-0.2, -0.15) is 0 Å². The molecule has 0 radical (unpaired) electrons. The minimum absolute atomic E-state index is 0.511. The van der Waals surface area contributed by atoms with Crippen LogP contribution in [0.1, 0.15) is 0 Å². The third-order valence-corrected chi connectivity index (χ3v) is 8.25. The molecule has 0 aliphatic carbocycles. The van der Waals surface area contributed by atoms with Gasteiger partial charge in [-0.05, 0) is 24.3 Å². The summed E-state index contributed by atoms with van der Waals surface area (Å²) in [7, 11) is -5.92. The fourth-order valence-corrected chi connectivity index (χ4v) is 5.95. The Kier molecular flexibility index (Phi) is 5.89. The number of para-hydroxylation sites is 2. The molecule has 1 aliphatic heterocycles. The van der Waals surface area contributed by atoms with E-state index in [1.54, 1.807) is 37.6 Å². The molecule has 1 heterocycles. The summed E-state index contributed by atoms with van der Waals surface area (Å²) in [5, 5.41) is 0. The fraction of sp³-hybridized carbons (Fsp3) is 0.333. The third kappa shape index (κ3) is 4.77. The lowest BCUT2D eigenvalue weighted by molar-refractivity contribution is 0.239. The molecule has 0 amide bonds. The molecular weight excluding hydrogens is 370 g/mol. The highest BCUT2D eigenvalue weighted by atomic mass is 31.2. The van der Waals surface area contributed by atoms with Gasteiger partial charge in [-0.15, -0.1) is 0 Å². The molecule has 2 aromatic carbocycles. The van der Waals surface area contributed by atoms with E-state index in [1.807, 2.05) is 45.7 Å². The lowest BCUT2D eigenvalue weighted by atomic mass is 10.3. The van der Waals surface area contributed by atoms with Gasteiger partial charge in [0, 0.05) is 39.5 Å². The van der Waals surface area contributed by atoms with Crippen molar-refractivity contribution in [3.63, 3.8) is 0 Å². The van der Waals surface area contributed by atoms with Crippen LogP contribution in [0.15, 0.2) is 60.7 Å². The number of hydrogen-bond donors (Lipinski definition) is 0. The van der Waals surface area contributed by atoms with Crippen LogP contribution in [0.2, 0.25) is 0 Å². The molecule has 2 aromatic rings. The Morgan fingerprint density at radius 1 is 0.654 bits per heavy atom. The summed E-state index contributed by atoms with van der Waals surface area (Å²) in [6, 6.07) is 18.3. The Bertz CT molecular complexity index is 739. The van der Waals surface area contributed by atoms with Crippen LogP contribution in [-0.4, -0.2) is 48.8 Å². The number of piperazine rings is 1. The lowest BCUT2D eigenvalue weighted by Crippen LogP contribution is -2.44. The van der Waals surface area contributed by atoms with E-state index >= 15 is 0 Å². The minimum atomic E-state index is -2.96. The van der Waals surface area contributed by atoms with Gasteiger partial charge in [-0.25, -0.2) is 9.34 Å². The minimum Gasteiger partial charge on any atom is -0.433 e. The van der Waals surface area contributed by atoms with Crippen LogP contribution >= 0.6 is 15.0 Å². The Morgan fingerprint density at radius 3 is 1.27 bits per heavy atom. The van der Waals surface area contributed by atoms with Crippen LogP contribution in [0, 0.1) is 0 Å².